The summed E-state index contributed by atoms with van der Waals surface area (Å²) in [5, 5.41) is 3.69. The van der Waals surface area contributed by atoms with Crippen molar-refractivity contribution in [1.82, 2.24) is 5.32 Å². The summed E-state index contributed by atoms with van der Waals surface area (Å²) >= 11 is 0. The quantitative estimate of drug-likeness (QED) is 0.910. The monoisotopic (exact) mass is 263 g/mol. The zero-order valence-electron chi connectivity index (χ0n) is 11.4. The highest BCUT2D eigenvalue weighted by molar-refractivity contribution is 5.45. The van der Waals surface area contributed by atoms with Gasteiger partial charge in [-0.2, -0.15) is 0 Å². The van der Waals surface area contributed by atoms with Crippen LogP contribution in [-0.2, 0) is 4.74 Å². The fraction of sp³-hybridized carbons (Fsp3) is 0.600. The van der Waals surface area contributed by atoms with E-state index in [4.69, 9.17) is 14.2 Å². The average molecular weight is 263 g/mol. The summed E-state index contributed by atoms with van der Waals surface area (Å²) in [6, 6.07) is 7.04. The number of nitrogens with one attached hydrogen (secondary N) is 1. The molecule has 1 aromatic rings. The highest BCUT2D eigenvalue weighted by atomic mass is 16.7. The van der Waals surface area contributed by atoms with Crippen molar-refractivity contribution in [3.8, 4) is 11.5 Å². The Hall–Kier alpha value is -1.26. The van der Waals surface area contributed by atoms with Gasteiger partial charge in [0.15, 0.2) is 11.5 Å². The van der Waals surface area contributed by atoms with Gasteiger partial charge >= 0.3 is 0 Å². The minimum Gasteiger partial charge on any atom is -0.454 e. The fourth-order valence-corrected chi connectivity index (χ4v) is 2.70. The third kappa shape index (κ3) is 3.01. The molecule has 1 N–H and O–H groups in total. The molecular weight excluding hydrogens is 242 g/mol. The van der Waals surface area contributed by atoms with E-state index < -0.39 is 0 Å². The Bertz CT molecular complexity index is 427. The van der Waals surface area contributed by atoms with Gasteiger partial charge in [-0.25, -0.2) is 0 Å². The van der Waals surface area contributed by atoms with Crippen molar-refractivity contribution in [2.24, 2.45) is 0 Å². The first-order valence-corrected chi connectivity index (χ1v) is 7.06. The first kappa shape index (κ1) is 12.8. The van der Waals surface area contributed by atoms with E-state index in [0.717, 1.165) is 37.6 Å². The Morgan fingerprint density at radius 1 is 1.16 bits per heavy atom. The second-order valence-corrected chi connectivity index (χ2v) is 5.24. The third-order valence-corrected chi connectivity index (χ3v) is 3.83. The number of hydrogen-bond acceptors (Lipinski definition) is 4. The van der Waals surface area contributed by atoms with Crippen LogP contribution in [0.1, 0.15) is 37.8 Å². The molecule has 0 saturated carbocycles. The topological polar surface area (TPSA) is 39.7 Å². The molecule has 0 amide bonds. The van der Waals surface area contributed by atoms with E-state index in [1.54, 1.807) is 0 Å². The zero-order chi connectivity index (χ0) is 13.1. The van der Waals surface area contributed by atoms with Crippen molar-refractivity contribution in [1.29, 1.82) is 0 Å². The molecule has 19 heavy (non-hydrogen) atoms. The predicted molar refractivity (Wildman–Crippen MR) is 72.6 cm³/mol. The molecule has 4 heteroatoms. The van der Waals surface area contributed by atoms with Gasteiger partial charge < -0.3 is 19.5 Å². The summed E-state index contributed by atoms with van der Waals surface area (Å²) in [5.41, 5.74) is 1.24. The molecule has 2 unspecified atom stereocenters. The largest absolute Gasteiger partial charge is 0.454 e. The second kappa shape index (κ2) is 5.80. The van der Waals surface area contributed by atoms with E-state index in [-0.39, 0.29) is 0 Å². The highest BCUT2D eigenvalue weighted by Crippen LogP contribution is 2.34. The number of ether oxygens (including phenoxy) is 3. The standard InChI is InChI=1S/C15H21NO3/c1-11(16-13-3-2-7-17-8-6-13)12-4-5-14-15(9-12)19-10-18-14/h4-5,9,11,13,16H,2-3,6-8,10H2,1H3. The third-order valence-electron chi connectivity index (χ3n) is 3.83. The highest BCUT2D eigenvalue weighted by Gasteiger charge is 2.18. The van der Waals surface area contributed by atoms with Crippen LogP contribution in [0, 0.1) is 0 Å². The van der Waals surface area contributed by atoms with E-state index in [2.05, 4.69) is 24.4 Å². The molecule has 2 heterocycles. The van der Waals surface area contributed by atoms with Crippen LogP contribution < -0.4 is 14.8 Å². The molecule has 3 rings (SSSR count). The Morgan fingerprint density at radius 3 is 3.00 bits per heavy atom. The molecular formula is C15H21NO3. The minimum absolute atomic E-state index is 0.317. The van der Waals surface area contributed by atoms with Gasteiger partial charge in [-0.1, -0.05) is 6.07 Å². The molecule has 0 aromatic heterocycles. The molecule has 1 fully saturated rings. The zero-order valence-corrected chi connectivity index (χ0v) is 11.4. The van der Waals surface area contributed by atoms with E-state index in [1.165, 1.54) is 12.0 Å². The molecule has 2 aliphatic rings. The first-order valence-electron chi connectivity index (χ1n) is 7.06. The van der Waals surface area contributed by atoms with E-state index in [9.17, 15) is 0 Å². The Kier molecular flexibility index (Phi) is 3.89. The summed E-state index contributed by atoms with van der Waals surface area (Å²) < 4.78 is 16.3. The average Bonchev–Trinajstić information content (AvgIpc) is 2.75. The number of fused-ring (bicyclic) bond motifs is 1. The molecule has 0 spiro atoms. The maximum atomic E-state index is 5.50. The van der Waals surface area contributed by atoms with E-state index >= 15 is 0 Å². The summed E-state index contributed by atoms with van der Waals surface area (Å²) in [7, 11) is 0. The van der Waals surface area contributed by atoms with Gasteiger partial charge in [0.2, 0.25) is 6.79 Å². The predicted octanol–water partition coefficient (Wildman–Crippen LogP) is 2.64. The van der Waals surface area contributed by atoms with E-state index in [1.807, 2.05) is 6.07 Å². The molecule has 2 atom stereocenters. The van der Waals surface area contributed by atoms with Crippen LogP contribution in [0.25, 0.3) is 0 Å². The summed E-state index contributed by atoms with van der Waals surface area (Å²) in [6.07, 6.45) is 3.43. The summed E-state index contributed by atoms with van der Waals surface area (Å²) in [5.74, 6) is 1.70. The van der Waals surface area contributed by atoms with Crippen LogP contribution in [0.2, 0.25) is 0 Å². The molecule has 0 bridgehead atoms. The Balaban J connectivity index is 1.64. The Labute approximate surface area is 114 Å². The minimum atomic E-state index is 0.317. The van der Waals surface area contributed by atoms with Gasteiger partial charge in [0.05, 0.1) is 0 Å². The lowest BCUT2D eigenvalue weighted by Crippen LogP contribution is -2.31. The van der Waals surface area contributed by atoms with E-state index in [0.29, 0.717) is 18.9 Å². The van der Waals surface area contributed by atoms with Crippen LogP contribution in [0.5, 0.6) is 11.5 Å². The molecule has 4 nitrogen and oxygen atoms in total. The van der Waals surface area contributed by atoms with Crippen molar-refractivity contribution in [2.45, 2.75) is 38.3 Å². The van der Waals surface area contributed by atoms with Crippen LogP contribution in [0.3, 0.4) is 0 Å². The Morgan fingerprint density at radius 2 is 2.05 bits per heavy atom. The second-order valence-electron chi connectivity index (χ2n) is 5.24. The lowest BCUT2D eigenvalue weighted by atomic mass is 10.0. The normalized spacial score (nSPS) is 23.9. The van der Waals surface area contributed by atoms with Crippen LogP contribution >= 0.6 is 0 Å². The van der Waals surface area contributed by atoms with Crippen molar-refractivity contribution >= 4 is 0 Å². The van der Waals surface area contributed by atoms with Gasteiger partial charge in [0.25, 0.3) is 0 Å². The van der Waals surface area contributed by atoms with Gasteiger partial charge in [0, 0.05) is 25.3 Å². The van der Waals surface area contributed by atoms with Gasteiger partial charge in [0.1, 0.15) is 0 Å². The maximum absolute atomic E-state index is 5.50. The van der Waals surface area contributed by atoms with Crippen molar-refractivity contribution < 1.29 is 14.2 Å². The molecule has 2 aliphatic heterocycles. The van der Waals surface area contributed by atoms with Crippen molar-refractivity contribution in [2.75, 3.05) is 20.0 Å². The number of hydrogen-bond donors (Lipinski definition) is 1. The maximum Gasteiger partial charge on any atom is 0.231 e. The molecule has 104 valence electrons. The summed E-state index contributed by atoms with van der Waals surface area (Å²) in [4.78, 5) is 0. The van der Waals surface area contributed by atoms with Gasteiger partial charge in [-0.05, 0) is 43.9 Å². The van der Waals surface area contributed by atoms with Gasteiger partial charge in [-0.15, -0.1) is 0 Å². The fourth-order valence-electron chi connectivity index (χ4n) is 2.70. The smallest absolute Gasteiger partial charge is 0.231 e. The van der Waals surface area contributed by atoms with Crippen LogP contribution in [0.15, 0.2) is 18.2 Å². The number of benzene rings is 1. The lowest BCUT2D eigenvalue weighted by molar-refractivity contribution is 0.142. The van der Waals surface area contributed by atoms with Crippen molar-refractivity contribution in [3.63, 3.8) is 0 Å². The van der Waals surface area contributed by atoms with Crippen molar-refractivity contribution in [3.05, 3.63) is 23.8 Å². The molecule has 1 aromatic carbocycles. The lowest BCUT2D eigenvalue weighted by Gasteiger charge is -2.22. The van der Waals surface area contributed by atoms with Crippen LogP contribution in [0.4, 0.5) is 0 Å². The van der Waals surface area contributed by atoms with Gasteiger partial charge in [-0.3, -0.25) is 0 Å². The molecule has 1 saturated heterocycles. The first-order chi connectivity index (χ1) is 9.33. The van der Waals surface area contributed by atoms with Crippen LogP contribution in [-0.4, -0.2) is 26.0 Å². The summed E-state index contributed by atoms with van der Waals surface area (Å²) in [6.45, 7) is 4.30. The molecule has 0 aliphatic carbocycles. The SMILES string of the molecule is CC(NC1CCCOCC1)c1ccc2c(c1)OCO2. The molecule has 0 radical (unpaired) electrons. The number of rotatable bonds is 3.